The molecule has 120 valence electrons. The highest BCUT2D eigenvalue weighted by molar-refractivity contribution is 5.57. The number of rotatable bonds is 5. The molecule has 3 aromatic rings. The molecule has 6 nitrogen and oxygen atoms in total. The van der Waals surface area contributed by atoms with E-state index >= 15 is 0 Å². The smallest absolute Gasteiger partial charge is 0.115 e. The number of nitrogens with zero attached hydrogens (tertiary/aromatic N) is 4. The molecule has 2 N–H and O–H groups in total. The van der Waals surface area contributed by atoms with Crippen LogP contribution in [0.15, 0.2) is 42.9 Å². The van der Waals surface area contributed by atoms with Gasteiger partial charge in [-0.2, -0.15) is 5.10 Å². The average molecular weight is 312 g/mol. The quantitative estimate of drug-likeness (QED) is 0.755. The van der Waals surface area contributed by atoms with Crippen molar-refractivity contribution < 1.29 is 10.2 Å². The maximum absolute atomic E-state index is 9.85. The molecule has 0 bridgehead atoms. The van der Waals surface area contributed by atoms with Gasteiger partial charge in [0.2, 0.25) is 0 Å². The van der Waals surface area contributed by atoms with E-state index in [1.807, 2.05) is 29.8 Å². The molecule has 1 aromatic carbocycles. The minimum absolute atomic E-state index is 0.242. The van der Waals surface area contributed by atoms with Gasteiger partial charge >= 0.3 is 0 Å². The van der Waals surface area contributed by atoms with Crippen LogP contribution in [0.3, 0.4) is 0 Å². The van der Waals surface area contributed by atoms with Crippen LogP contribution in [0.25, 0.3) is 11.4 Å². The highest BCUT2D eigenvalue weighted by Gasteiger charge is 2.17. The Labute approximate surface area is 134 Å². The second-order valence-corrected chi connectivity index (χ2v) is 5.73. The van der Waals surface area contributed by atoms with Crippen molar-refractivity contribution in [2.75, 3.05) is 0 Å². The van der Waals surface area contributed by atoms with E-state index in [1.54, 1.807) is 36.3 Å². The fraction of sp³-hybridized carbons (Fsp3) is 0.294. The molecule has 0 saturated heterocycles. The van der Waals surface area contributed by atoms with Gasteiger partial charge < -0.3 is 14.8 Å². The second kappa shape index (κ2) is 6.26. The van der Waals surface area contributed by atoms with Crippen molar-refractivity contribution in [1.82, 2.24) is 19.3 Å². The maximum Gasteiger partial charge on any atom is 0.115 e. The molecule has 23 heavy (non-hydrogen) atoms. The topological polar surface area (TPSA) is 76.1 Å². The second-order valence-electron chi connectivity index (χ2n) is 5.73. The molecular weight excluding hydrogens is 292 g/mol. The summed E-state index contributed by atoms with van der Waals surface area (Å²) < 4.78 is 3.77. The van der Waals surface area contributed by atoms with Crippen LogP contribution < -0.4 is 0 Å². The van der Waals surface area contributed by atoms with Crippen molar-refractivity contribution in [3.63, 3.8) is 0 Å². The van der Waals surface area contributed by atoms with Gasteiger partial charge in [-0.1, -0.05) is 12.1 Å². The number of imidazole rings is 1. The number of phenolic OH excluding ortho intramolecular Hbond substituents is 1. The van der Waals surface area contributed by atoms with Gasteiger partial charge in [0, 0.05) is 31.9 Å². The van der Waals surface area contributed by atoms with E-state index in [1.165, 1.54) is 0 Å². The summed E-state index contributed by atoms with van der Waals surface area (Å²) in [5.74, 6) is 0.242. The zero-order valence-electron chi connectivity index (χ0n) is 13.2. The van der Waals surface area contributed by atoms with E-state index < -0.39 is 6.10 Å². The highest BCUT2D eigenvalue weighted by atomic mass is 16.3. The molecule has 2 aromatic heterocycles. The van der Waals surface area contributed by atoms with Crippen LogP contribution in [0.2, 0.25) is 0 Å². The number of hydrogen-bond acceptors (Lipinski definition) is 4. The molecule has 0 saturated carbocycles. The van der Waals surface area contributed by atoms with Gasteiger partial charge in [-0.3, -0.25) is 4.68 Å². The summed E-state index contributed by atoms with van der Waals surface area (Å²) in [7, 11) is 1.87. The zero-order chi connectivity index (χ0) is 16.4. The zero-order valence-corrected chi connectivity index (χ0v) is 13.2. The van der Waals surface area contributed by atoms with Crippen LogP contribution in [0.5, 0.6) is 5.75 Å². The lowest BCUT2D eigenvalue weighted by Crippen LogP contribution is -2.12. The van der Waals surface area contributed by atoms with Crippen molar-refractivity contribution in [3.05, 3.63) is 54.1 Å². The number of hydrogen-bond donors (Lipinski definition) is 2. The monoisotopic (exact) mass is 312 g/mol. The molecule has 0 aliphatic heterocycles. The first-order chi connectivity index (χ1) is 11.0. The van der Waals surface area contributed by atoms with E-state index in [4.69, 9.17) is 0 Å². The lowest BCUT2D eigenvalue weighted by Gasteiger charge is -2.12. The largest absolute Gasteiger partial charge is 0.508 e. The summed E-state index contributed by atoms with van der Waals surface area (Å²) in [5.41, 5.74) is 3.67. The van der Waals surface area contributed by atoms with Crippen molar-refractivity contribution in [3.8, 4) is 17.1 Å². The molecule has 0 spiro atoms. The van der Waals surface area contributed by atoms with Gasteiger partial charge in [-0.05, 0) is 30.7 Å². The molecule has 1 atom stereocenters. The Hall–Kier alpha value is -2.60. The third-order valence-electron chi connectivity index (χ3n) is 3.76. The Morgan fingerprint density at radius 3 is 2.74 bits per heavy atom. The van der Waals surface area contributed by atoms with Crippen LogP contribution >= 0.6 is 0 Å². The molecule has 2 heterocycles. The minimum atomic E-state index is -0.471. The fourth-order valence-electron chi connectivity index (χ4n) is 2.71. The number of aromatic nitrogens is 4. The van der Waals surface area contributed by atoms with Gasteiger partial charge in [0.1, 0.15) is 11.4 Å². The Morgan fingerprint density at radius 1 is 1.26 bits per heavy atom. The molecular formula is C17H20N4O2. The molecule has 0 amide bonds. The number of aliphatic hydroxyl groups excluding tert-OH is 1. The number of phenols is 1. The van der Waals surface area contributed by atoms with E-state index in [0.29, 0.717) is 13.0 Å². The van der Waals surface area contributed by atoms with Crippen LogP contribution in [-0.4, -0.2) is 35.6 Å². The third-order valence-corrected chi connectivity index (χ3v) is 3.76. The van der Waals surface area contributed by atoms with Gasteiger partial charge in [0.05, 0.1) is 18.1 Å². The summed E-state index contributed by atoms with van der Waals surface area (Å²) >= 11 is 0. The predicted molar refractivity (Wildman–Crippen MR) is 87.0 cm³/mol. The van der Waals surface area contributed by atoms with Crippen molar-refractivity contribution in [2.24, 2.45) is 7.05 Å². The van der Waals surface area contributed by atoms with Gasteiger partial charge in [-0.15, -0.1) is 0 Å². The first-order valence-corrected chi connectivity index (χ1v) is 7.53. The van der Waals surface area contributed by atoms with Crippen molar-refractivity contribution in [1.29, 1.82) is 0 Å². The predicted octanol–water partition coefficient (Wildman–Crippen LogP) is 1.96. The fourth-order valence-corrected chi connectivity index (χ4v) is 2.71. The highest BCUT2D eigenvalue weighted by Crippen LogP contribution is 2.24. The summed E-state index contributed by atoms with van der Waals surface area (Å²) in [6.45, 7) is 2.35. The lowest BCUT2D eigenvalue weighted by molar-refractivity contribution is 0.193. The maximum atomic E-state index is 9.85. The molecule has 0 aliphatic carbocycles. The molecule has 6 heteroatoms. The van der Waals surface area contributed by atoms with E-state index in [-0.39, 0.29) is 5.75 Å². The first-order valence-electron chi connectivity index (χ1n) is 7.53. The van der Waals surface area contributed by atoms with E-state index in [9.17, 15) is 10.2 Å². The normalized spacial score (nSPS) is 12.5. The Morgan fingerprint density at radius 2 is 2.09 bits per heavy atom. The van der Waals surface area contributed by atoms with Gasteiger partial charge in [-0.25, -0.2) is 4.98 Å². The van der Waals surface area contributed by atoms with Crippen LogP contribution in [0.4, 0.5) is 0 Å². The molecule has 0 fully saturated rings. The van der Waals surface area contributed by atoms with Crippen LogP contribution in [0, 0.1) is 0 Å². The molecule has 0 radical (unpaired) electrons. The standard InChI is InChI=1S/C17H20N4O2/c1-12(22)8-16-17(15-6-7-19-20(15)2)18-11-21(16)10-13-4-3-5-14(23)9-13/h3-7,9,11-12,22-23H,8,10H2,1-2H3. The summed E-state index contributed by atoms with van der Waals surface area (Å²) in [5, 5.41) is 23.7. The Kier molecular flexibility index (Phi) is 4.16. The Balaban J connectivity index is 2.00. The van der Waals surface area contributed by atoms with Crippen LogP contribution in [0.1, 0.15) is 18.2 Å². The minimum Gasteiger partial charge on any atom is -0.508 e. The van der Waals surface area contributed by atoms with E-state index in [2.05, 4.69) is 10.1 Å². The summed E-state index contributed by atoms with van der Waals surface area (Å²) in [6.07, 6.45) is 3.53. The number of aliphatic hydroxyl groups is 1. The number of benzene rings is 1. The average Bonchev–Trinajstić information content (AvgIpc) is 3.06. The summed E-state index contributed by atoms with van der Waals surface area (Å²) in [4.78, 5) is 4.52. The molecule has 3 rings (SSSR count). The molecule has 0 aliphatic rings. The van der Waals surface area contributed by atoms with E-state index in [0.717, 1.165) is 22.6 Å². The summed E-state index contributed by atoms with van der Waals surface area (Å²) in [6, 6.07) is 9.06. The van der Waals surface area contributed by atoms with Crippen molar-refractivity contribution >= 4 is 0 Å². The SMILES string of the molecule is CC(O)Cc1c(-c2ccnn2C)ncn1Cc1cccc(O)c1. The first kappa shape index (κ1) is 15.3. The Bertz CT molecular complexity index is 805. The van der Waals surface area contributed by atoms with Gasteiger partial charge in [0.15, 0.2) is 0 Å². The lowest BCUT2D eigenvalue weighted by atomic mass is 10.1. The number of aromatic hydroxyl groups is 1. The molecule has 1 unspecified atom stereocenters. The third kappa shape index (κ3) is 3.27. The van der Waals surface area contributed by atoms with Crippen molar-refractivity contribution in [2.45, 2.75) is 26.0 Å². The van der Waals surface area contributed by atoms with Crippen LogP contribution in [-0.2, 0) is 20.0 Å². The number of aryl methyl sites for hydroxylation is 1. The van der Waals surface area contributed by atoms with Gasteiger partial charge in [0.25, 0.3) is 0 Å².